The summed E-state index contributed by atoms with van der Waals surface area (Å²) < 4.78 is 6.62. The lowest BCUT2D eigenvalue weighted by Gasteiger charge is -2.13. The highest BCUT2D eigenvalue weighted by Crippen LogP contribution is 2.31. The van der Waals surface area contributed by atoms with Crippen molar-refractivity contribution >= 4 is 33.0 Å². The molecule has 20 heavy (non-hydrogen) atoms. The van der Waals surface area contributed by atoms with E-state index in [-0.39, 0.29) is 5.69 Å². The lowest BCUT2D eigenvalue weighted by Crippen LogP contribution is -2.01. The summed E-state index contributed by atoms with van der Waals surface area (Å²) in [4.78, 5) is 11.3. The van der Waals surface area contributed by atoms with Gasteiger partial charge in [-0.05, 0) is 40.4 Å². The second-order valence-electron chi connectivity index (χ2n) is 4.14. The minimum atomic E-state index is -0.836. The van der Waals surface area contributed by atoms with E-state index in [0.717, 1.165) is 9.35 Å². The van der Waals surface area contributed by atoms with Crippen molar-refractivity contribution in [2.24, 2.45) is 0 Å². The smallest absolute Gasteiger partial charge is 0.270 e. The van der Waals surface area contributed by atoms with Crippen LogP contribution in [0.3, 0.4) is 0 Å². The van der Waals surface area contributed by atoms with Crippen LogP contribution in [0.25, 0.3) is 0 Å². The molecule has 0 aliphatic carbocycles. The maximum Gasteiger partial charge on any atom is 0.270 e. The van der Waals surface area contributed by atoms with Crippen LogP contribution in [0.4, 0.5) is 5.69 Å². The topological polar surface area (TPSA) is 72.6 Å². The summed E-state index contributed by atoms with van der Waals surface area (Å²) in [7, 11) is 0. The Labute approximate surface area is 128 Å². The largest absolute Gasteiger partial charge is 0.488 e. The van der Waals surface area contributed by atoms with E-state index in [1.165, 1.54) is 18.2 Å². The molecule has 2 rings (SSSR count). The molecule has 1 N–H and O–H groups in total. The molecule has 0 unspecified atom stereocenters. The Morgan fingerprint density at radius 3 is 2.80 bits per heavy atom. The molecular formula is C13H12BrNO4S. The Morgan fingerprint density at radius 2 is 2.25 bits per heavy atom. The maximum absolute atomic E-state index is 10.8. The van der Waals surface area contributed by atoms with Crippen LogP contribution in [0, 0.1) is 10.1 Å². The van der Waals surface area contributed by atoms with E-state index in [4.69, 9.17) is 4.74 Å². The third-order valence-electron chi connectivity index (χ3n) is 2.70. The second kappa shape index (κ2) is 6.34. The molecule has 0 amide bonds. The first-order valence-electron chi connectivity index (χ1n) is 5.80. The Hall–Kier alpha value is -1.44. The number of nitro benzene ring substituents is 1. The van der Waals surface area contributed by atoms with E-state index >= 15 is 0 Å². The van der Waals surface area contributed by atoms with E-state index in [2.05, 4.69) is 15.9 Å². The van der Waals surface area contributed by atoms with Gasteiger partial charge in [0, 0.05) is 22.2 Å². The van der Waals surface area contributed by atoms with Crippen molar-refractivity contribution < 1.29 is 14.8 Å². The maximum atomic E-state index is 10.8. The van der Waals surface area contributed by atoms with Crippen LogP contribution in [0.5, 0.6) is 5.75 Å². The number of hydrogen-bond acceptors (Lipinski definition) is 5. The summed E-state index contributed by atoms with van der Waals surface area (Å²) in [5.74, 6) is 0.450. The molecule has 1 aromatic carbocycles. The van der Waals surface area contributed by atoms with Crippen molar-refractivity contribution in [2.75, 3.05) is 0 Å². The number of ether oxygens (including phenoxy) is 1. The van der Waals surface area contributed by atoms with Gasteiger partial charge in [0.05, 0.1) is 15.9 Å². The number of aliphatic hydroxyl groups is 1. The summed E-state index contributed by atoms with van der Waals surface area (Å²) >= 11 is 4.96. The van der Waals surface area contributed by atoms with E-state index in [0.29, 0.717) is 17.9 Å². The summed E-state index contributed by atoms with van der Waals surface area (Å²) in [6.07, 6.45) is -0.836. The first-order chi connectivity index (χ1) is 9.49. The fourth-order valence-corrected chi connectivity index (χ4v) is 3.06. The Kier molecular flexibility index (Phi) is 4.74. The van der Waals surface area contributed by atoms with Crippen molar-refractivity contribution in [3.63, 3.8) is 0 Å². The highest BCUT2D eigenvalue weighted by atomic mass is 79.9. The Morgan fingerprint density at radius 1 is 1.50 bits per heavy atom. The van der Waals surface area contributed by atoms with Crippen molar-refractivity contribution in [3.05, 3.63) is 54.7 Å². The highest BCUT2D eigenvalue weighted by molar-refractivity contribution is 9.10. The molecule has 0 radical (unpaired) electrons. The summed E-state index contributed by atoms with van der Waals surface area (Å²) in [6.45, 7) is 1.89. The Bertz CT molecular complexity index is 627. The molecule has 1 aromatic heterocycles. The minimum Gasteiger partial charge on any atom is -0.488 e. The van der Waals surface area contributed by atoms with E-state index in [1.807, 2.05) is 11.4 Å². The number of nitrogens with zero attached hydrogens (tertiary/aromatic N) is 1. The monoisotopic (exact) mass is 357 g/mol. The quantitative estimate of drug-likeness (QED) is 0.646. The van der Waals surface area contributed by atoms with Crippen LogP contribution in [0.15, 0.2) is 34.1 Å². The number of halogens is 1. The van der Waals surface area contributed by atoms with Gasteiger partial charge in [-0.25, -0.2) is 0 Å². The minimum absolute atomic E-state index is 0.0643. The van der Waals surface area contributed by atoms with Gasteiger partial charge in [-0.15, -0.1) is 11.3 Å². The number of rotatable bonds is 5. The van der Waals surface area contributed by atoms with Gasteiger partial charge < -0.3 is 9.84 Å². The van der Waals surface area contributed by atoms with Gasteiger partial charge in [-0.1, -0.05) is 0 Å². The summed E-state index contributed by atoms with van der Waals surface area (Å²) in [6, 6.07) is 6.14. The van der Waals surface area contributed by atoms with Crippen molar-refractivity contribution in [1.29, 1.82) is 0 Å². The second-order valence-corrected chi connectivity index (χ2v) is 5.99. The van der Waals surface area contributed by atoms with Gasteiger partial charge in [0.2, 0.25) is 0 Å². The number of hydrogen-bond donors (Lipinski definition) is 1. The van der Waals surface area contributed by atoms with Crippen molar-refractivity contribution in [1.82, 2.24) is 0 Å². The standard InChI is InChI=1S/C13H12BrNO4S/c1-8(16)10-6-9(15(17)18)2-3-12(10)19-7-13-11(14)4-5-20-13/h2-6,8,16H,7H2,1H3/t8-/m1/s1. The van der Waals surface area contributed by atoms with Crippen LogP contribution >= 0.6 is 27.3 Å². The van der Waals surface area contributed by atoms with Gasteiger partial charge in [0.1, 0.15) is 12.4 Å². The molecule has 0 saturated carbocycles. The molecule has 2 aromatic rings. The van der Waals surface area contributed by atoms with Gasteiger partial charge in [0.25, 0.3) is 5.69 Å². The zero-order chi connectivity index (χ0) is 14.7. The first kappa shape index (κ1) is 15.0. The van der Waals surface area contributed by atoms with Crippen molar-refractivity contribution in [2.45, 2.75) is 19.6 Å². The number of thiophene rings is 1. The molecular weight excluding hydrogens is 346 g/mol. The van der Waals surface area contributed by atoms with Gasteiger partial charge >= 0.3 is 0 Å². The fraction of sp³-hybridized carbons (Fsp3) is 0.231. The lowest BCUT2D eigenvalue weighted by molar-refractivity contribution is -0.385. The molecule has 0 spiro atoms. The van der Waals surface area contributed by atoms with Gasteiger partial charge in [-0.3, -0.25) is 10.1 Å². The average Bonchev–Trinajstić information content (AvgIpc) is 2.81. The number of benzene rings is 1. The normalized spacial score (nSPS) is 12.2. The zero-order valence-corrected chi connectivity index (χ0v) is 13.0. The third-order valence-corrected chi connectivity index (χ3v) is 4.60. The van der Waals surface area contributed by atoms with E-state index in [9.17, 15) is 15.2 Å². The van der Waals surface area contributed by atoms with Crippen LogP contribution < -0.4 is 4.74 Å². The molecule has 7 heteroatoms. The molecule has 106 valence electrons. The number of aliphatic hydroxyl groups excluding tert-OH is 1. The first-order valence-corrected chi connectivity index (χ1v) is 7.47. The van der Waals surface area contributed by atoms with E-state index in [1.54, 1.807) is 18.3 Å². The molecule has 0 fully saturated rings. The molecule has 5 nitrogen and oxygen atoms in total. The molecule has 1 heterocycles. The van der Waals surface area contributed by atoms with E-state index < -0.39 is 11.0 Å². The molecule has 0 aliphatic heterocycles. The third kappa shape index (κ3) is 3.36. The Balaban J connectivity index is 2.22. The molecule has 0 bridgehead atoms. The molecule has 1 atom stereocenters. The summed E-state index contributed by atoms with van der Waals surface area (Å²) in [5, 5.41) is 22.4. The number of nitro groups is 1. The van der Waals surface area contributed by atoms with Crippen LogP contribution in [0.1, 0.15) is 23.5 Å². The van der Waals surface area contributed by atoms with Crippen molar-refractivity contribution in [3.8, 4) is 5.75 Å². The SMILES string of the molecule is C[C@@H](O)c1cc([N+](=O)[O-])ccc1OCc1sccc1Br. The fourth-order valence-electron chi connectivity index (χ4n) is 1.68. The van der Waals surface area contributed by atoms with Gasteiger partial charge in [-0.2, -0.15) is 0 Å². The predicted octanol–water partition coefficient (Wildman–Crippen LogP) is 4.05. The number of non-ortho nitro benzene ring substituents is 1. The summed E-state index contributed by atoms with van der Waals surface area (Å²) in [5.41, 5.74) is 0.345. The zero-order valence-electron chi connectivity index (χ0n) is 10.6. The van der Waals surface area contributed by atoms with Gasteiger partial charge in [0.15, 0.2) is 0 Å². The molecule has 0 saturated heterocycles. The highest BCUT2D eigenvalue weighted by Gasteiger charge is 2.16. The average molecular weight is 358 g/mol. The van der Waals surface area contributed by atoms with Crippen LogP contribution in [0.2, 0.25) is 0 Å². The van der Waals surface area contributed by atoms with Crippen LogP contribution in [-0.4, -0.2) is 10.0 Å². The predicted molar refractivity (Wildman–Crippen MR) is 80.1 cm³/mol. The van der Waals surface area contributed by atoms with Crippen LogP contribution in [-0.2, 0) is 6.61 Å². The molecule has 0 aliphatic rings. The lowest BCUT2D eigenvalue weighted by atomic mass is 10.1.